The lowest BCUT2D eigenvalue weighted by Gasteiger charge is -2.37. The molecule has 0 aliphatic heterocycles. The van der Waals surface area contributed by atoms with E-state index < -0.39 is 0 Å². The molecule has 0 aromatic rings. The van der Waals surface area contributed by atoms with Gasteiger partial charge in [0, 0.05) is 5.92 Å². The molecule has 74 valence electrons. The highest BCUT2D eigenvalue weighted by molar-refractivity contribution is 5.78. The van der Waals surface area contributed by atoms with Gasteiger partial charge in [0.15, 0.2) is 0 Å². The van der Waals surface area contributed by atoms with Crippen molar-refractivity contribution in [3.8, 4) is 0 Å². The van der Waals surface area contributed by atoms with Gasteiger partial charge in [-0.05, 0) is 36.0 Å². The Morgan fingerprint density at radius 3 is 2.23 bits per heavy atom. The lowest BCUT2D eigenvalue weighted by atomic mass is 9.66. The Kier molecular flexibility index (Phi) is 1.59. The van der Waals surface area contributed by atoms with Crippen LogP contribution in [0.4, 0.5) is 0 Å². The maximum absolute atomic E-state index is 11.3. The molecule has 2 heteroatoms. The van der Waals surface area contributed by atoms with Crippen LogP contribution < -0.4 is 5.73 Å². The molecule has 1 amide bonds. The number of rotatable bonds is 1. The summed E-state index contributed by atoms with van der Waals surface area (Å²) in [6.07, 6.45) is 3.49. The van der Waals surface area contributed by atoms with E-state index in [1.54, 1.807) is 0 Å². The van der Waals surface area contributed by atoms with E-state index in [1.807, 2.05) is 0 Å². The van der Waals surface area contributed by atoms with Crippen LogP contribution in [-0.2, 0) is 4.79 Å². The summed E-state index contributed by atoms with van der Waals surface area (Å²) >= 11 is 0. The third kappa shape index (κ3) is 0.866. The molecular formula is C11H19NO. The first-order chi connectivity index (χ1) is 5.89. The van der Waals surface area contributed by atoms with E-state index >= 15 is 0 Å². The molecule has 0 saturated heterocycles. The molecule has 0 radical (unpaired) electrons. The van der Waals surface area contributed by atoms with Crippen LogP contribution >= 0.6 is 0 Å². The molecule has 2 unspecified atom stereocenters. The standard InChI is InChI=1S/C11H19NO/c1-10(2)7-4-5-11(10,3)8(6-7)9(12)13/h7-8H,4-6H2,1-3H3,(H2,12,13)/t7?,8?,11-/m0/s1. The molecule has 0 heterocycles. The van der Waals surface area contributed by atoms with E-state index in [9.17, 15) is 4.79 Å². The molecule has 2 N–H and O–H groups in total. The molecule has 13 heavy (non-hydrogen) atoms. The van der Waals surface area contributed by atoms with Crippen LogP contribution in [0.25, 0.3) is 0 Å². The topological polar surface area (TPSA) is 43.1 Å². The van der Waals surface area contributed by atoms with E-state index in [4.69, 9.17) is 5.73 Å². The van der Waals surface area contributed by atoms with Crippen LogP contribution in [0, 0.1) is 22.7 Å². The minimum absolute atomic E-state index is 0.0854. The minimum atomic E-state index is -0.0854. The van der Waals surface area contributed by atoms with Crippen molar-refractivity contribution in [3.05, 3.63) is 0 Å². The minimum Gasteiger partial charge on any atom is -0.369 e. The highest BCUT2D eigenvalue weighted by Gasteiger charge is 2.62. The summed E-state index contributed by atoms with van der Waals surface area (Å²) in [5.74, 6) is 0.758. The van der Waals surface area contributed by atoms with Crippen LogP contribution in [0.2, 0.25) is 0 Å². The Morgan fingerprint density at radius 1 is 1.38 bits per heavy atom. The third-order valence-corrected chi connectivity index (χ3v) is 5.14. The lowest BCUT2D eigenvalue weighted by molar-refractivity contribution is -0.126. The van der Waals surface area contributed by atoms with Crippen molar-refractivity contribution in [2.75, 3.05) is 0 Å². The predicted octanol–water partition coefficient (Wildman–Crippen LogP) is 1.93. The second-order valence-corrected chi connectivity index (χ2v) is 5.57. The molecule has 2 aliphatic rings. The second-order valence-electron chi connectivity index (χ2n) is 5.57. The van der Waals surface area contributed by atoms with Gasteiger partial charge in [-0.25, -0.2) is 0 Å². The fraction of sp³-hybridized carbons (Fsp3) is 0.909. The lowest BCUT2D eigenvalue weighted by Crippen LogP contribution is -2.39. The van der Waals surface area contributed by atoms with Crippen molar-refractivity contribution >= 4 is 5.91 Å². The zero-order valence-corrected chi connectivity index (χ0v) is 8.76. The van der Waals surface area contributed by atoms with Crippen molar-refractivity contribution in [1.29, 1.82) is 0 Å². The number of amides is 1. The number of carbonyl (C=O) groups is 1. The number of fused-ring (bicyclic) bond motifs is 2. The summed E-state index contributed by atoms with van der Waals surface area (Å²) in [4.78, 5) is 11.3. The van der Waals surface area contributed by atoms with Crippen LogP contribution in [0.15, 0.2) is 0 Å². The molecule has 0 aromatic carbocycles. The normalized spacial score (nSPS) is 46.7. The van der Waals surface area contributed by atoms with Crippen molar-refractivity contribution in [2.24, 2.45) is 28.4 Å². The Balaban J connectivity index is 2.38. The summed E-state index contributed by atoms with van der Waals surface area (Å²) in [6, 6.07) is 0. The van der Waals surface area contributed by atoms with Gasteiger partial charge < -0.3 is 5.73 Å². The van der Waals surface area contributed by atoms with Gasteiger partial charge in [-0.1, -0.05) is 20.8 Å². The largest absolute Gasteiger partial charge is 0.369 e. The van der Waals surface area contributed by atoms with Gasteiger partial charge in [-0.2, -0.15) is 0 Å². The number of carbonyl (C=O) groups excluding carboxylic acids is 1. The van der Waals surface area contributed by atoms with Gasteiger partial charge >= 0.3 is 0 Å². The number of primary amides is 1. The molecule has 2 saturated carbocycles. The van der Waals surface area contributed by atoms with E-state index in [-0.39, 0.29) is 17.2 Å². The van der Waals surface area contributed by atoms with Crippen LogP contribution in [0.1, 0.15) is 40.0 Å². The quantitative estimate of drug-likeness (QED) is 0.660. The molecule has 2 bridgehead atoms. The first-order valence-corrected chi connectivity index (χ1v) is 5.19. The number of nitrogens with two attached hydrogens (primary N) is 1. The predicted molar refractivity (Wildman–Crippen MR) is 51.9 cm³/mol. The zero-order chi connectivity index (χ0) is 9.85. The number of hydrogen-bond donors (Lipinski definition) is 1. The summed E-state index contributed by atoms with van der Waals surface area (Å²) < 4.78 is 0. The Hall–Kier alpha value is -0.530. The second kappa shape index (κ2) is 2.28. The Morgan fingerprint density at radius 2 is 2.00 bits per heavy atom. The molecule has 2 fully saturated rings. The fourth-order valence-electron chi connectivity index (χ4n) is 3.63. The average molecular weight is 181 g/mol. The van der Waals surface area contributed by atoms with E-state index in [0.29, 0.717) is 5.41 Å². The van der Waals surface area contributed by atoms with E-state index in [0.717, 1.165) is 12.3 Å². The van der Waals surface area contributed by atoms with Crippen molar-refractivity contribution in [2.45, 2.75) is 40.0 Å². The highest BCUT2D eigenvalue weighted by Crippen LogP contribution is 2.67. The SMILES string of the molecule is CC1(C)C2CC[C@@]1(C)C(C(N)=O)C2. The van der Waals surface area contributed by atoms with E-state index in [1.165, 1.54) is 12.8 Å². The smallest absolute Gasteiger partial charge is 0.221 e. The molecule has 2 aliphatic carbocycles. The third-order valence-electron chi connectivity index (χ3n) is 5.14. The van der Waals surface area contributed by atoms with Gasteiger partial charge in [0.25, 0.3) is 0 Å². The monoisotopic (exact) mass is 181 g/mol. The maximum Gasteiger partial charge on any atom is 0.221 e. The molecule has 2 nitrogen and oxygen atoms in total. The zero-order valence-electron chi connectivity index (χ0n) is 8.76. The maximum atomic E-state index is 11.3. The van der Waals surface area contributed by atoms with E-state index in [2.05, 4.69) is 20.8 Å². The molecule has 3 atom stereocenters. The van der Waals surface area contributed by atoms with Gasteiger partial charge in [0.05, 0.1) is 0 Å². The first kappa shape index (κ1) is 9.04. The number of hydrogen-bond acceptors (Lipinski definition) is 1. The molecule has 0 spiro atoms. The summed E-state index contributed by atoms with van der Waals surface area (Å²) in [5, 5.41) is 0. The molecular weight excluding hydrogens is 162 g/mol. The first-order valence-electron chi connectivity index (χ1n) is 5.19. The van der Waals surface area contributed by atoms with Gasteiger partial charge in [-0.15, -0.1) is 0 Å². The Bertz CT molecular complexity index is 259. The summed E-state index contributed by atoms with van der Waals surface area (Å²) in [6.45, 7) is 6.84. The summed E-state index contributed by atoms with van der Waals surface area (Å²) in [5.41, 5.74) is 5.93. The van der Waals surface area contributed by atoms with Gasteiger partial charge in [0.2, 0.25) is 5.91 Å². The molecule has 0 aromatic heterocycles. The van der Waals surface area contributed by atoms with Gasteiger partial charge in [0.1, 0.15) is 0 Å². The van der Waals surface area contributed by atoms with Crippen LogP contribution in [0.5, 0.6) is 0 Å². The molecule has 2 rings (SSSR count). The van der Waals surface area contributed by atoms with Crippen molar-refractivity contribution in [1.82, 2.24) is 0 Å². The van der Waals surface area contributed by atoms with Crippen molar-refractivity contribution in [3.63, 3.8) is 0 Å². The van der Waals surface area contributed by atoms with Crippen molar-refractivity contribution < 1.29 is 4.79 Å². The van der Waals surface area contributed by atoms with Crippen LogP contribution in [-0.4, -0.2) is 5.91 Å². The summed E-state index contributed by atoms with van der Waals surface area (Å²) in [7, 11) is 0. The fourth-order valence-corrected chi connectivity index (χ4v) is 3.63. The van der Waals surface area contributed by atoms with Crippen LogP contribution in [0.3, 0.4) is 0 Å². The van der Waals surface area contributed by atoms with Gasteiger partial charge in [-0.3, -0.25) is 4.79 Å². The average Bonchev–Trinajstić information content (AvgIpc) is 2.34. The highest BCUT2D eigenvalue weighted by atomic mass is 16.1. The Labute approximate surface area is 79.9 Å².